The first-order valence-electron chi connectivity index (χ1n) is 6.50. The zero-order valence-corrected chi connectivity index (χ0v) is 11.5. The molecule has 0 aliphatic heterocycles. The van der Waals surface area contributed by atoms with Gasteiger partial charge in [-0.3, -0.25) is 0 Å². The molecule has 0 unspecified atom stereocenters. The van der Waals surface area contributed by atoms with Crippen molar-refractivity contribution in [2.75, 3.05) is 0 Å². The third-order valence-corrected chi connectivity index (χ3v) is 3.18. The number of halogens is 2. The molecule has 2 aromatic heterocycles. The van der Waals surface area contributed by atoms with Gasteiger partial charge in [0, 0.05) is 18.0 Å². The van der Waals surface area contributed by atoms with Gasteiger partial charge in [-0.05, 0) is 31.2 Å². The van der Waals surface area contributed by atoms with Gasteiger partial charge in [0.2, 0.25) is 0 Å². The molecule has 5 nitrogen and oxygen atoms in total. The summed E-state index contributed by atoms with van der Waals surface area (Å²) >= 11 is 0. The summed E-state index contributed by atoms with van der Waals surface area (Å²) in [5.41, 5.74) is 0.460. The first-order valence-corrected chi connectivity index (χ1v) is 6.50. The number of aromatic nitrogens is 3. The largest absolute Gasteiger partial charge is 0.454 e. The SMILES string of the molecule is C[C@@H](OC(=O)c1cnn2cccnc12)c1cc(F)ccc1F. The van der Waals surface area contributed by atoms with Crippen LogP contribution in [0, 0.1) is 11.6 Å². The molecule has 0 amide bonds. The maximum atomic E-state index is 13.7. The Hall–Kier alpha value is -2.83. The monoisotopic (exact) mass is 303 g/mol. The Morgan fingerprint density at radius 2 is 2.18 bits per heavy atom. The van der Waals surface area contributed by atoms with Crippen LogP contribution in [-0.4, -0.2) is 20.6 Å². The summed E-state index contributed by atoms with van der Waals surface area (Å²) in [6, 6.07) is 4.66. The fourth-order valence-electron chi connectivity index (χ4n) is 2.08. The lowest BCUT2D eigenvalue weighted by Crippen LogP contribution is -2.11. The summed E-state index contributed by atoms with van der Waals surface area (Å²) in [7, 11) is 0. The lowest BCUT2D eigenvalue weighted by atomic mass is 10.1. The number of hydrogen-bond donors (Lipinski definition) is 0. The molecule has 0 aliphatic carbocycles. The van der Waals surface area contributed by atoms with Gasteiger partial charge >= 0.3 is 5.97 Å². The van der Waals surface area contributed by atoms with E-state index in [1.54, 1.807) is 12.3 Å². The summed E-state index contributed by atoms with van der Waals surface area (Å²) in [4.78, 5) is 16.2. The van der Waals surface area contributed by atoms with Crippen molar-refractivity contribution in [2.45, 2.75) is 13.0 Å². The molecule has 112 valence electrons. The van der Waals surface area contributed by atoms with Crippen molar-refractivity contribution in [3.8, 4) is 0 Å². The van der Waals surface area contributed by atoms with E-state index in [2.05, 4.69) is 10.1 Å². The van der Waals surface area contributed by atoms with Gasteiger partial charge in [-0.2, -0.15) is 5.10 Å². The highest BCUT2D eigenvalue weighted by Gasteiger charge is 2.20. The Kier molecular flexibility index (Phi) is 3.54. The summed E-state index contributed by atoms with van der Waals surface area (Å²) in [6.07, 6.45) is 3.53. The Balaban J connectivity index is 1.86. The van der Waals surface area contributed by atoms with Gasteiger partial charge in [-0.15, -0.1) is 0 Å². The van der Waals surface area contributed by atoms with Crippen molar-refractivity contribution in [3.63, 3.8) is 0 Å². The molecule has 3 aromatic rings. The van der Waals surface area contributed by atoms with Crippen LogP contribution in [0.25, 0.3) is 5.65 Å². The van der Waals surface area contributed by atoms with Crippen LogP contribution in [0.15, 0.2) is 42.9 Å². The smallest absolute Gasteiger partial charge is 0.344 e. The lowest BCUT2D eigenvalue weighted by molar-refractivity contribution is 0.0332. The Bertz CT molecular complexity index is 848. The molecule has 0 aliphatic rings. The van der Waals surface area contributed by atoms with E-state index in [0.717, 1.165) is 18.2 Å². The van der Waals surface area contributed by atoms with Crippen molar-refractivity contribution in [3.05, 3.63) is 65.6 Å². The molecule has 0 bridgehead atoms. The summed E-state index contributed by atoms with van der Waals surface area (Å²) in [5.74, 6) is -1.94. The molecule has 2 heterocycles. The van der Waals surface area contributed by atoms with Crippen molar-refractivity contribution < 1.29 is 18.3 Å². The predicted octanol–water partition coefficient (Wildman–Crippen LogP) is 2.93. The number of carbonyl (C=O) groups is 1. The second-order valence-corrected chi connectivity index (χ2v) is 4.66. The topological polar surface area (TPSA) is 56.5 Å². The Labute approximate surface area is 124 Å². The van der Waals surface area contributed by atoms with Gasteiger partial charge in [-0.1, -0.05) is 0 Å². The highest BCUT2D eigenvalue weighted by atomic mass is 19.1. The van der Waals surface area contributed by atoms with Gasteiger partial charge in [0.15, 0.2) is 5.65 Å². The van der Waals surface area contributed by atoms with E-state index in [4.69, 9.17) is 4.74 Å². The average molecular weight is 303 g/mol. The highest BCUT2D eigenvalue weighted by molar-refractivity contribution is 5.95. The molecule has 0 saturated heterocycles. The van der Waals surface area contributed by atoms with Crippen LogP contribution in [0.1, 0.15) is 28.9 Å². The quantitative estimate of drug-likeness (QED) is 0.698. The number of benzene rings is 1. The van der Waals surface area contributed by atoms with E-state index in [9.17, 15) is 13.6 Å². The van der Waals surface area contributed by atoms with Crippen LogP contribution in [0.3, 0.4) is 0 Å². The minimum Gasteiger partial charge on any atom is -0.454 e. The van der Waals surface area contributed by atoms with Gasteiger partial charge < -0.3 is 4.74 Å². The number of hydrogen-bond acceptors (Lipinski definition) is 4. The van der Waals surface area contributed by atoms with E-state index in [1.165, 1.54) is 23.8 Å². The molecule has 0 saturated carbocycles. The standard InChI is InChI=1S/C15H11F2N3O2/c1-9(11-7-10(16)3-4-13(11)17)22-15(21)12-8-19-20-6-2-5-18-14(12)20/h2-9H,1H3/t9-/m1/s1. The molecule has 0 N–H and O–H groups in total. The molecule has 0 fully saturated rings. The van der Waals surface area contributed by atoms with E-state index in [0.29, 0.717) is 5.65 Å². The molecule has 0 spiro atoms. The van der Waals surface area contributed by atoms with Crippen LogP contribution in [-0.2, 0) is 4.74 Å². The minimum absolute atomic E-state index is 0.0298. The van der Waals surface area contributed by atoms with E-state index in [1.807, 2.05) is 0 Å². The van der Waals surface area contributed by atoms with Crippen LogP contribution in [0.4, 0.5) is 8.78 Å². The molecular weight excluding hydrogens is 292 g/mol. The van der Waals surface area contributed by atoms with Gasteiger partial charge in [0.25, 0.3) is 0 Å². The van der Waals surface area contributed by atoms with Crippen molar-refractivity contribution in [1.82, 2.24) is 14.6 Å². The van der Waals surface area contributed by atoms with Gasteiger partial charge in [-0.25, -0.2) is 23.1 Å². The van der Waals surface area contributed by atoms with Crippen LogP contribution < -0.4 is 0 Å². The maximum Gasteiger partial charge on any atom is 0.344 e. The van der Waals surface area contributed by atoms with Gasteiger partial charge in [0.1, 0.15) is 23.3 Å². The number of nitrogens with zero attached hydrogens (tertiary/aromatic N) is 3. The normalized spacial score (nSPS) is 12.3. The maximum absolute atomic E-state index is 13.7. The second-order valence-electron chi connectivity index (χ2n) is 4.66. The number of ether oxygens (including phenoxy) is 1. The van der Waals surface area contributed by atoms with Crippen molar-refractivity contribution in [2.24, 2.45) is 0 Å². The van der Waals surface area contributed by atoms with Crippen LogP contribution >= 0.6 is 0 Å². The fourth-order valence-corrected chi connectivity index (χ4v) is 2.08. The summed E-state index contributed by atoms with van der Waals surface area (Å²) in [6.45, 7) is 1.47. The van der Waals surface area contributed by atoms with Crippen LogP contribution in [0.5, 0.6) is 0 Å². The third kappa shape index (κ3) is 2.52. The molecular formula is C15H11F2N3O2. The number of esters is 1. The van der Waals surface area contributed by atoms with Crippen molar-refractivity contribution >= 4 is 11.6 Å². The first-order chi connectivity index (χ1) is 10.6. The number of fused-ring (bicyclic) bond motifs is 1. The fraction of sp³-hybridized carbons (Fsp3) is 0.133. The molecule has 22 heavy (non-hydrogen) atoms. The lowest BCUT2D eigenvalue weighted by Gasteiger charge is -2.14. The minimum atomic E-state index is -0.943. The van der Waals surface area contributed by atoms with Crippen LogP contribution in [0.2, 0.25) is 0 Å². The molecule has 0 radical (unpaired) electrons. The summed E-state index contributed by atoms with van der Waals surface area (Å²) < 4.78 is 33.5. The number of carbonyl (C=O) groups excluding carboxylic acids is 1. The molecule has 3 rings (SSSR count). The van der Waals surface area contributed by atoms with Crippen molar-refractivity contribution in [1.29, 1.82) is 0 Å². The highest BCUT2D eigenvalue weighted by Crippen LogP contribution is 2.23. The van der Waals surface area contributed by atoms with E-state index < -0.39 is 23.7 Å². The second kappa shape index (κ2) is 5.51. The predicted molar refractivity (Wildman–Crippen MR) is 73.2 cm³/mol. The average Bonchev–Trinajstić information content (AvgIpc) is 2.93. The third-order valence-electron chi connectivity index (χ3n) is 3.18. The zero-order valence-electron chi connectivity index (χ0n) is 11.5. The Morgan fingerprint density at radius 1 is 1.36 bits per heavy atom. The molecule has 1 atom stereocenters. The van der Waals surface area contributed by atoms with E-state index >= 15 is 0 Å². The van der Waals surface area contributed by atoms with Gasteiger partial charge in [0.05, 0.1) is 6.20 Å². The first kappa shape index (κ1) is 14.1. The Morgan fingerprint density at radius 3 is 3.00 bits per heavy atom. The molecule has 1 aromatic carbocycles. The number of rotatable bonds is 3. The van der Waals surface area contributed by atoms with E-state index in [-0.39, 0.29) is 11.1 Å². The zero-order chi connectivity index (χ0) is 15.7. The summed E-state index contributed by atoms with van der Waals surface area (Å²) in [5, 5.41) is 3.97. The molecule has 7 heteroatoms.